The summed E-state index contributed by atoms with van der Waals surface area (Å²) < 4.78 is 26.6. The molecule has 1 aliphatic heterocycles. The number of rotatable bonds is 3. The topological polar surface area (TPSA) is 74.7 Å². The summed E-state index contributed by atoms with van der Waals surface area (Å²) in [4.78, 5) is 10.9. The van der Waals surface area contributed by atoms with Crippen molar-refractivity contribution in [1.82, 2.24) is 4.31 Å². The van der Waals surface area contributed by atoms with E-state index in [9.17, 15) is 13.2 Å². The van der Waals surface area contributed by atoms with E-state index in [0.717, 1.165) is 24.2 Å². The van der Waals surface area contributed by atoms with E-state index in [1.165, 1.54) is 10.4 Å². The largest absolute Gasteiger partial charge is 0.477 e. The number of thiophene rings is 1. The molecule has 100 valence electrons. The molecule has 2 rings (SSSR count). The summed E-state index contributed by atoms with van der Waals surface area (Å²) in [6.45, 7) is 2.36. The van der Waals surface area contributed by atoms with Crippen LogP contribution in [0.2, 0.25) is 0 Å². The molecule has 1 fully saturated rings. The van der Waals surface area contributed by atoms with Gasteiger partial charge in [-0.2, -0.15) is 4.31 Å². The number of aromatic carboxylic acids is 1. The second kappa shape index (κ2) is 4.92. The number of hydrogen-bond donors (Lipinski definition) is 1. The van der Waals surface area contributed by atoms with Crippen molar-refractivity contribution in [3.05, 3.63) is 14.7 Å². The SMILES string of the molecule is CC1CCCN1S(=O)(=O)c1cc(C(=O)O)sc1Br. The molecule has 1 aliphatic rings. The Bertz CT molecular complexity index is 581. The molecular formula is C10H12BrNO4S2. The zero-order valence-corrected chi connectivity index (χ0v) is 12.8. The maximum atomic E-state index is 12.4. The van der Waals surface area contributed by atoms with E-state index in [2.05, 4.69) is 15.9 Å². The van der Waals surface area contributed by atoms with Crippen molar-refractivity contribution in [3.63, 3.8) is 0 Å². The number of carboxylic acids is 1. The van der Waals surface area contributed by atoms with Gasteiger partial charge in [-0.05, 0) is 41.8 Å². The molecule has 1 N–H and O–H groups in total. The molecule has 1 saturated heterocycles. The van der Waals surface area contributed by atoms with Crippen LogP contribution < -0.4 is 0 Å². The van der Waals surface area contributed by atoms with Gasteiger partial charge in [0.2, 0.25) is 10.0 Å². The van der Waals surface area contributed by atoms with E-state index in [0.29, 0.717) is 10.3 Å². The fraction of sp³-hybridized carbons (Fsp3) is 0.500. The molecular weight excluding hydrogens is 342 g/mol. The smallest absolute Gasteiger partial charge is 0.345 e. The summed E-state index contributed by atoms with van der Waals surface area (Å²) in [7, 11) is -3.60. The Hall–Kier alpha value is -0.440. The molecule has 1 unspecified atom stereocenters. The van der Waals surface area contributed by atoms with Crippen LogP contribution in [-0.2, 0) is 10.0 Å². The molecule has 0 saturated carbocycles. The standard InChI is InChI=1S/C10H12BrNO4S2/c1-6-3-2-4-12(6)18(15,16)8-5-7(10(13)14)17-9(8)11/h5-6H,2-4H2,1H3,(H,13,14). The Morgan fingerprint density at radius 3 is 2.72 bits per heavy atom. The fourth-order valence-corrected chi connectivity index (χ4v) is 6.08. The predicted molar refractivity (Wildman–Crippen MR) is 71.6 cm³/mol. The summed E-state index contributed by atoms with van der Waals surface area (Å²) >= 11 is 4.06. The molecule has 0 aliphatic carbocycles. The number of sulfonamides is 1. The molecule has 0 bridgehead atoms. The Balaban J connectivity index is 2.44. The highest BCUT2D eigenvalue weighted by Gasteiger charge is 2.35. The molecule has 1 atom stereocenters. The average molecular weight is 354 g/mol. The van der Waals surface area contributed by atoms with Crippen LogP contribution in [-0.4, -0.2) is 36.4 Å². The summed E-state index contributed by atoms with van der Waals surface area (Å²) in [5.41, 5.74) is 0. The Morgan fingerprint density at radius 2 is 2.28 bits per heavy atom. The first-order chi connectivity index (χ1) is 8.34. The van der Waals surface area contributed by atoms with Crippen molar-refractivity contribution in [2.24, 2.45) is 0 Å². The summed E-state index contributed by atoms with van der Waals surface area (Å²) in [5.74, 6) is -1.11. The summed E-state index contributed by atoms with van der Waals surface area (Å²) in [6.07, 6.45) is 1.68. The first-order valence-electron chi connectivity index (χ1n) is 5.38. The first-order valence-corrected chi connectivity index (χ1v) is 8.43. The molecule has 0 radical (unpaired) electrons. The normalized spacial score (nSPS) is 21.3. The lowest BCUT2D eigenvalue weighted by Crippen LogP contribution is -2.33. The van der Waals surface area contributed by atoms with Crippen LogP contribution >= 0.6 is 27.3 Å². The zero-order chi connectivity index (χ0) is 13.5. The minimum absolute atomic E-state index is 0.0206. The van der Waals surface area contributed by atoms with Gasteiger partial charge < -0.3 is 5.11 Å². The van der Waals surface area contributed by atoms with Gasteiger partial charge in [-0.15, -0.1) is 11.3 Å². The number of nitrogens with zero attached hydrogens (tertiary/aromatic N) is 1. The molecule has 2 heterocycles. The lowest BCUT2D eigenvalue weighted by Gasteiger charge is -2.20. The quantitative estimate of drug-likeness (QED) is 0.904. The van der Waals surface area contributed by atoms with Crippen molar-refractivity contribution in [1.29, 1.82) is 0 Å². The average Bonchev–Trinajstić information content (AvgIpc) is 2.84. The predicted octanol–water partition coefficient (Wildman–Crippen LogP) is 2.38. The van der Waals surface area contributed by atoms with Gasteiger partial charge in [-0.25, -0.2) is 13.2 Å². The molecule has 1 aromatic heterocycles. The minimum atomic E-state index is -3.60. The molecule has 5 nitrogen and oxygen atoms in total. The zero-order valence-electron chi connectivity index (χ0n) is 9.59. The molecule has 18 heavy (non-hydrogen) atoms. The molecule has 0 spiro atoms. The monoisotopic (exact) mass is 353 g/mol. The van der Waals surface area contributed by atoms with E-state index < -0.39 is 16.0 Å². The maximum absolute atomic E-state index is 12.4. The van der Waals surface area contributed by atoms with Crippen molar-refractivity contribution in [2.45, 2.75) is 30.7 Å². The Morgan fingerprint density at radius 1 is 1.61 bits per heavy atom. The van der Waals surface area contributed by atoms with Crippen LogP contribution in [0.3, 0.4) is 0 Å². The first kappa shape index (κ1) is 14.0. The maximum Gasteiger partial charge on any atom is 0.345 e. The summed E-state index contributed by atoms with van der Waals surface area (Å²) in [6, 6.07) is 1.19. The van der Waals surface area contributed by atoms with Crippen LogP contribution in [0.15, 0.2) is 14.7 Å². The van der Waals surface area contributed by atoms with Gasteiger partial charge in [0.15, 0.2) is 0 Å². The summed E-state index contributed by atoms with van der Waals surface area (Å²) in [5, 5.41) is 8.89. The van der Waals surface area contributed by atoms with Gasteiger partial charge in [0, 0.05) is 12.6 Å². The third kappa shape index (κ3) is 2.34. The van der Waals surface area contributed by atoms with Crippen LogP contribution in [0.25, 0.3) is 0 Å². The number of hydrogen-bond acceptors (Lipinski definition) is 4. The van der Waals surface area contributed by atoms with Crippen LogP contribution in [0.4, 0.5) is 0 Å². The number of carbonyl (C=O) groups is 1. The number of carboxylic acid groups (broad SMARTS) is 1. The lowest BCUT2D eigenvalue weighted by atomic mass is 10.3. The molecule has 0 aromatic carbocycles. The lowest BCUT2D eigenvalue weighted by molar-refractivity contribution is 0.0702. The van der Waals surface area contributed by atoms with Gasteiger partial charge in [-0.3, -0.25) is 0 Å². The van der Waals surface area contributed by atoms with Gasteiger partial charge in [0.1, 0.15) is 9.77 Å². The highest BCUT2D eigenvalue weighted by Crippen LogP contribution is 2.35. The van der Waals surface area contributed by atoms with Gasteiger partial charge >= 0.3 is 5.97 Å². The third-order valence-corrected chi connectivity index (χ3v) is 7.20. The highest BCUT2D eigenvalue weighted by molar-refractivity contribution is 9.11. The van der Waals surface area contributed by atoms with Crippen molar-refractivity contribution < 1.29 is 18.3 Å². The van der Waals surface area contributed by atoms with Crippen LogP contribution in [0.5, 0.6) is 0 Å². The second-order valence-electron chi connectivity index (χ2n) is 4.16. The van der Waals surface area contributed by atoms with E-state index in [4.69, 9.17) is 5.11 Å². The Kier molecular flexibility index (Phi) is 3.82. The van der Waals surface area contributed by atoms with Gasteiger partial charge in [0.05, 0.1) is 3.79 Å². The fourth-order valence-electron chi connectivity index (χ4n) is 2.02. The van der Waals surface area contributed by atoms with E-state index >= 15 is 0 Å². The van der Waals surface area contributed by atoms with Crippen LogP contribution in [0.1, 0.15) is 29.4 Å². The minimum Gasteiger partial charge on any atom is -0.477 e. The van der Waals surface area contributed by atoms with Crippen molar-refractivity contribution >= 4 is 43.3 Å². The Labute approximate surface area is 118 Å². The van der Waals surface area contributed by atoms with Crippen molar-refractivity contribution in [3.8, 4) is 0 Å². The third-order valence-electron chi connectivity index (χ3n) is 2.94. The van der Waals surface area contributed by atoms with Gasteiger partial charge in [0.25, 0.3) is 0 Å². The highest BCUT2D eigenvalue weighted by atomic mass is 79.9. The van der Waals surface area contributed by atoms with Crippen molar-refractivity contribution in [2.75, 3.05) is 6.54 Å². The molecule has 0 amide bonds. The van der Waals surface area contributed by atoms with E-state index in [1.54, 1.807) is 0 Å². The number of halogens is 1. The van der Waals surface area contributed by atoms with Crippen LogP contribution in [0, 0.1) is 0 Å². The van der Waals surface area contributed by atoms with E-state index in [-0.39, 0.29) is 15.8 Å². The van der Waals surface area contributed by atoms with Gasteiger partial charge in [-0.1, -0.05) is 0 Å². The molecule has 8 heteroatoms. The second-order valence-corrected chi connectivity index (χ2v) is 8.39. The van der Waals surface area contributed by atoms with E-state index in [1.807, 2.05) is 6.92 Å². The molecule has 1 aromatic rings.